The summed E-state index contributed by atoms with van der Waals surface area (Å²) in [5.41, 5.74) is 2.33. The van der Waals surface area contributed by atoms with E-state index in [0.717, 1.165) is 47.5 Å². The van der Waals surface area contributed by atoms with Crippen molar-refractivity contribution in [1.82, 2.24) is 0 Å². The van der Waals surface area contributed by atoms with Crippen LogP contribution >= 0.6 is 0 Å². The fourth-order valence-electron chi connectivity index (χ4n) is 8.64. The summed E-state index contributed by atoms with van der Waals surface area (Å²) in [5.74, 6) is 6.25. The molecule has 0 radical (unpaired) electrons. The van der Waals surface area contributed by atoms with E-state index in [0.29, 0.717) is 5.78 Å². The number of hydrogen-bond donors (Lipinski definition) is 0. The van der Waals surface area contributed by atoms with Crippen LogP contribution in [0, 0.1) is 46.8 Å². The lowest BCUT2D eigenvalue weighted by molar-refractivity contribution is -0.0634. The third-order valence-electron chi connectivity index (χ3n) is 10.2. The number of rotatable bonds is 3. The number of benzene rings is 1. The molecule has 4 fully saturated rings. The van der Waals surface area contributed by atoms with Gasteiger partial charge in [0.05, 0.1) is 0 Å². The normalized spacial score (nSPS) is 42.7. The molecule has 8 atom stereocenters. The van der Waals surface area contributed by atoms with Gasteiger partial charge in [-0.15, -0.1) is 0 Å². The molecule has 0 heterocycles. The highest BCUT2D eigenvalue weighted by molar-refractivity contribution is 5.98. The minimum absolute atomic E-state index is 0.229. The smallest absolute Gasteiger partial charge is 0.166 e. The monoisotopic (exact) mass is 407 g/mol. The largest absolute Gasteiger partial charge is 0.378 e. The first-order chi connectivity index (χ1) is 14.4. The van der Waals surface area contributed by atoms with Crippen molar-refractivity contribution in [3.63, 3.8) is 0 Å². The van der Waals surface area contributed by atoms with E-state index in [1.54, 1.807) is 0 Å². The Hall–Kier alpha value is -1.31. The second-order valence-corrected chi connectivity index (χ2v) is 11.8. The summed E-state index contributed by atoms with van der Waals surface area (Å²) >= 11 is 0. The van der Waals surface area contributed by atoms with Crippen LogP contribution in [-0.4, -0.2) is 19.9 Å². The van der Waals surface area contributed by atoms with Crippen LogP contribution < -0.4 is 4.90 Å². The number of anilines is 1. The van der Waals surface area contributed by atoms with E-state index in [9.17, 15) is 4.79 Å². The van der Waals surface area contributed by atoms with Gasteiger partial charge in [-0.25, -0.2) is 0 Å². The molecule has 4 aliphatic rings. The number of carbonyl (C=O) groups is 1. The Bertz CT molecular complexity index is 782. The van der Waals surface area contributed by atoms with Crippen LogP contribution in [-0.2, 0) is 0 Å². The number of ketones is 1. The van der Waals surface area contributed by atoms with Crippen molar-refractivity contribution in [3.8, 4) is 0 Å². The summed E-state index contributed by atoms with van der Waals surface area (Å²) in [6.07, 6.45) is 12.4. The zero-order chi connectivity index (χ0) is 21.0. The van der Waals surface area contributed by atoms with Crippen molar-refractivity contribution in [1.29, 1.82) is 0 Å². The molecular formula is C28H41NO. The molecule has 0 bridgehead atoms. The van der Waals surface area contributed by atoms with Gasteiger partial charge in [-0.3, -0.25) is 4.79 Å². The molecule has 4 aliphatic carbocycles. The molecule has 0 spiro atoms. The van der Waals surface area contributed by atoms with E-state index >= 15 is 0 Å². The van der Waals surface area contributed by atoms with Crippen molar-refractivity contribution in [2.75, 3.05) is 19.0 Å². The topological polar surface area (TPSA) is 20.3 Å². The van der Waals surface area contributed by atoms with Gasteiger partial charge in [0.1, 0.15) is 0 Å². The molecule has 2 heteroatoms. The summed E-state index contributed by atoms with van der Waals surface area (Å²) in [7, 11) is 4.11. The molecule has 30 heavy (non-hydrogen) atoms. The molecule has 0 aromatic heterocycles. The highest BCUT2D eigenvalue weighted by atomic mass is 16.1. The third-order valence-corrected chi connectivity index (χ3v) is 10.2. The Balaban J connectivity index is 1.34. The van der Waals surface area contributed by atoms with E-state index in [2.05, 4.69) is 57.1 Å². The molecule has 3 unspecified atom stereocenters. The predicted molar refractivity (Wildman–Crippen MR) is 125 cm³/mol. The average Bonchev–Trinajstić information content (AvgIpc) is 3.10. The van der Waals surface area contributed by atoms with Gasteiger partial charge in [0.15, 0.2) is 5.78 Å². The van der Waals surface area contributed by atoms with E-state index in [-0.39, 0.29) is 11.3 Å². The van der Waals surface area contributed by atoms with E-state index in [1.807, 2.05) is 0 Å². The minimum Gasteiger partial charge on any atom is -0.378 e. The van der Waals surface area contributed by atoms with Gasteiger partial charge in [0.25, 0.3) is 0 Å². The number of Topliss-reactive ketones (excluding diaryl/α,β-unsaturated/α-hetero) is 1. The van der Waals surface area contributed by atoms with Gasteiger partial charge in [0.2, 0.25) is 0 Å². The molecular weight excluding hydrogens is 366 g/mol. The summed E-state index contributed by atoms with van der Waals surface area (Å²) in [5, 5.41) is 0. The van der Waals surface area contributed by atoms with Crippen molar-refractivity contribution in [2.45, 2.75) is 71.6 Å². The Kier molecular flexibility index (Phi) is 5.27. The summed E-state index contributed by atoms with van der Waals surface area (Å²) < 4.78 is 0. The van der Waals surface area contributed by atoms with E-state index in [1.165, 1.54) is 57.1 Å². The van der Waals surface area contributed by atoms with Gasteiger partial charge >= 0.3 is 0 Å². The fourth-order valence-corrected chi connectivity index (χ4v) is 8.64. The maximum atomic E-state index is 13.6. The van der Waals surface area contributed by atoms with Crippen molar-refractivity contribution in [2.24, 2.45) is 46.8 Å². The van der Waals surface area contributed by atoms with Gasteiger partial charge in [-0.2, -0.15) is 0 Å². The third kappa shape index (κ3) is 3.24. The van der Waals surface area contributed by atoms with Crippen molar-refractivity contribution in [3.05, 3.63) is 29.8 Å². The lowest BCUT2D eigenvalue weighted by Gasteiger charge is -2.56. The Morgan fingerprint density at radius 1 is 0.900 bits per heavy atom. The quantitative estimate of drug-likeness (QED) is 0.511. The van der Waals surface area contributed by atoms with Gasteiger partial charge in [-0.05, 0) is 117 Å². The second kappa shape index (κ2) is 7.68. The standard InChI is InChI=1S/C28H41NO/c1-18-5-11-22-20(17-18)8-12-24-23(22)15-16-28(2)25(24)13-14-26(28)27(30)19-6-9-21(10-7-19)29(3)4/h6-7,9-10,18,20,22-26H,5,8,11-17H2,1-4H3/t18-,20?,22-,23?,24+,25?,26+,28-/m0/s1. The van der Waals surface area contributed by atoms with Crippen LogP contribution in [0.25, 0.3) is 0 Å². The van der Waals surface area contributed by atoms with Crippen LogP contribution in [0.15, 0.2) is 24.3 Å². The Labute approximate surface area is 183 Å². The Morgan fingerprint density at radius 3 is 2.37 bits per heavy atom. The maximum Gasteiger partial charge on any atom is 0.166 e. The first kappa shape index (κ1) is 20.6. The van der Waals surface area contributed by atoms with Gasteiger partial charge in [0, 0.05) is 31.3 Å². The summed E-state index contributed by atoms with van der Waals surface area (Å²) in [6.45, 7) is 4.96. The molecule has 4 saturated carbocycles. The molecule has 0 N–H and O–H groups in total. The first-order valence-corrected chi connectivity index (χ1v) is 12.7. The van der Waals surface area contributed by atoms with Gasteiger partial charge < -0.3 is 4.90 Å². The molecule has 1 aromatic carbocycles. The lowest BCUT2D eigenvalue weighted by Crippen LogP contribution is -2.49. The highest BCUT2D eigenvalue weighted by Gasteiger charge is 2.58. The zero-order valence-electron chi connectivity index (χ0n) is 19.6. The van der Waals surface area contributed by atoms with Crippen LogP contribution in [0.1, 0.15) is 82.0 Å². The minimum atomic E-state index is 0.229. The Morgan fingerprint density at radius 2 is 1.63 bits per heavy atom. The molecule has 1 aromatic rings. The molecule has 0 amide bonds. The van der Waals surface area contributed by atoms with Crippen LogP contribution in [0.5, 0.6) is 0 Å². The van der Waals surface area contributed by atoms with Gasteiger partial charge in [-0.1, -0.05) is 20.3 Å². The summed E-state index contributed by atoms with van der Waals surface area (Å²) in [6, 6.07) is 8.33. The molecule has 5 rings (SSSR count). The number of nitrogens with zero attached hydrogens (tertiary/aromatic N) is 1. The first-order valence-electron chi connectivity index (χ1n) is 12.7. The second-order valence-electron chi connectivity index (χ2n) is 11.8. The number of carbonyl (C=O) groups excluding carboxylic acids is 1. The fraction of sp³-hybridized carbons (Fsp3) is 0.750. The SMILES string of the molecule is C[C@H]1CC[C@H]2C(CC[C@@H]3C2CC[C@@]2(C)C3CC[C@@H]2C(=O)c2ccc(N(C)C)cc2)C1. The molecule has 164 valence electrons. The molecule has 2 nitrogen and oxygen atoms in total. The number of fused-ring (bicyclic) bond motifs is 5. The highest BCUT2D eigenvalue weighted by Crippen LogP contribution is 2.64. The van der Waals surface area contributed by atoms with E-state index in [4.69, 9.17) is 0 Å². The van der Waals surface area contributed by atoms with Crippen molar-refractivity contribution >= 4 is 11.5 Å². The summed E-state index contributed by atoms with van der Waals surface area (Å²) in [4.78, 5) is 15.7. The number of hydrogen-bond acceptors (Lipinski definition) is 2. The maximum absolute atomic E-state index is 13.6. The van der Waals surface area contributed by atoms with E-state index < -0.39 is 0 Å². The molecule has 0 aliphatic heterocycles. The zero-order valence-corrected chi connectivity index (χ0v) is 19.6. The lowest BCUT2D eigenvalue weighted by atomic mass is 9.49. The predicted octanol–water partition coefficient (Wildman–Crippen LogP) is 6.84. The van der Waals surface area contributed by atoms with Crippen LogP contribution in [0.2, 0.25) is 0 Å². The molecule has 0 saturated heterocycles. The van der Waals surface area contributed by atoms with Crippen LogP contribution in [0.3, 0.4) is 0 Å². The van der Waals surface area contributed by atoms with Crippen LogP contribution in [0.4, 0.5) is 5.69 Å². The average molecular weight is 408 g/mol. The van der Waals surface area contributed by atoms with Crippen molar-refractivity contribution < 1.29 is 4.79 Å².